The number of carbonyl (C=O) groups is 2. The summed E-state index contributed by atoms with van der Waals surface area (Å²) in [6.45, 7) is 11.1. The molecule has 5 rings (SSSR count). The molecule has 0 unspecified atom stereocenters. The van der Waals surface area contributed by atoms with E-state index in [1.54, 1.807) is 46.4 Å². The zero-order valence-corrected chi connectivity index (χ0v) is 28.8. The van der Waals surface area contributed by atoms with Gasteiger partial charge in [0.05, 0.1) is 12.2 Å². The van der Waals surface area contributed by atoms with Gasteiger partial charge in [-0.15, -0.1) is 4.99 Å². The molecule has 1 aliphatic rings. The molecule has 4 aromatic rings. The number of hydrogen-bond acceptors (Lipinski definition) is 8. The van der Waals surface area contributed by atoms with Crippen molar-refractivity contribution in [2.45, 2.75) is 84.2 Å². The van der Waals surface area contributed by atoms with Gasteiger partial charge in [0.15, 0.2) is 0 Å². The van der Waals surface area contributed by atoms with Gasteiger partial charge in [-0.2, -0.15) is 18.2 Å². The first-order chi connectivity index (χ1) is 23.4. The number of benzene rings is 3. The maximum absolute atomic E-state index is 12.8. The Morgan fingerprint density at radius 2 is 1.62 bits per heavy atom. The van der Waals surface area contributed by atoms with Crippen molar-refractivity contribution in [2.24, 2.45) is 4.99 Å². The smallest absolute Gasteiger partial charge is 0.437 e. The Bertz CT molecular complexity index is 1860. The average molecular weight is 696 g/mol. The normalized spacial score (nSPS) is 15.7. The van der Waals surface area contributed by atoms with Gasteiger partial charge < -0.3 is 23.6 Å². The molecular weight excluding hydrogens is 655 g/mol. The summed E-state index contributed by atoms with van der Waals surface area (Å²) in [5.74, 6) is 1.23. The third-order valence-electron chi connectivity index (χ3n) is 7.47. The van der Waals surface area contributed by atoms with E-state index in [2.05, 4.69) is 20.4 Å². The lowest BCUT2D eigenvalue weighted by atomic mass is 10.1. The Morgan fingerprint density at radius 1 is 0.940 bits per heavy atom. The van der Waals surface area contributed by atoms with E-state index in [4.69, 9.17) is 18.7 Å². The van der Waals surface area contributed by atoms with Crippen molar-refractivity contribution in [3.05, 3.63) is 77.7 Å². The molecule has 1 fully saturated rings. The molecule has 50 heavy (non-hydrogen) atoms. The van der Waals surface area contributed by atoms with Crippen molar-refractivity contribution in [1.29, 1.82) is 0 Å². The summed E-state index contributed by atoms with van der Waals surface area (Å²) in [6, 6.07) is 15.9. The highest BCUT2D eigenvalue weighted by Gasteiger charge is 2.35. The lowest BCUT2D eigenvalue weighted by molar-refractivity contribution is -0.137. The van der Waals surface area contributed by atoms with Crippen LogP contribution in [-0.4, -0.2) is 57.5 Å². The summed E-state index contributed by atoms with van der Waals surface area (Å²) in [5.41, 5.74) is -0.798. The van der Waals surface area contributed by atoms with Crippen LogP contribution >= 0.6 is 0 Å². The molecule has 0 aliphatic carbocycles. The van der Waals surface area contributed by atoms with Gasteiger partial charge in [-0.05, 0) is 101 Å². The zero-order chi connectivity index (χ0) is 36.3. The van der Waals surface area contributed by atoms with E-state index in [1.165, 1.54) is 12.1 Å². The number of amides is 2. The predicted octanol–water partition coefficient (Wildman–Crippen LogP) is 8.48. The van der Waals surface area contributed by atoms with Crippen LogP contribution in [0.15, 0.2) is 70.2 Å². The number of rotatable bonds is 6. The minimum absolute atomic E-state index is 0.0427. The first-order valence-corrected chi connectivity index (χ1v) is 16.2. The van der Waals surface area contributed by atoms with E-state index in [0.29, 0.717) is 49.6 Å². The van der Waals surface area contributed by atoms with Crippen LogP contribution in [0.3, 0.4) is 0 Å². The molecule has 1 aromatic heterocycles. The number of ether oxygens (including phenoxy) is 3. The maximum Gasteiger partial charge on any atom is 0.437 e. The van der Waals surface area contributed by atoms with Crippen molar-refractivity contribution >= 4 is 28.9 Å². The first kappa shape index (κ1) is 36.1. The second-order valence-corrected chi connectivity index (χ2v) is 13.9. The molecule has 3 aromatic carbocycles. The molecular formula is C36H40F3N5O6. The number of alkyl halides is 3. The number of nitrogens with zero attached hydrogens (tertiary/aromatic N) is 4. The van der Waals surface area contributed by atoms with Gasteiger partial charge in [-0.3, -0.25) is 5.32 Å². The zero-order valence-electron chi connectivity index (χ0n) is 28.8. The number of likely N-dealkylation sites (tertiary alicyclic amines) is 1. The molecule has 1 N–H and O–H groups in total. The van der Waals surface area contributed by atoms with Crippen LogP contribution in [0.25, 0.3) is 22.2 Å². The summed E-state index contributed by atoms with van der Waals surface area (Å²) in [5, 5.41) is 8.62. The molecule has 0 spiro atoms. The fourth-order valence-electron chi connectivity index (χ4n) is 5.29. The summed E-state index contributed by atoms with van der Waals surface area (Å²) in [7, 11) is 0. The fraction of sp³-hybridized carbons (Fsp3) is 0.417. The fourth-order valence-corrected chi connectivity index (χ4v) is 5.29. The molecule has 1 aliphatic heterocycles. The number of aromatic nitrogens is 2. The molecule has 11 nitrogen and oxygen atoms in total. The number of halogens is 3. The molecule has 0 radical (unpaired) electrons. The highest BCUT2D eigenvalue weighted by molar-refractivity contribution is 5.99. The third-order valence-corrected chi connectivity index (χ3v) is 7.47. The number of guanidine groups is 1. The van der Waals surface area contributed by atoms with Gasteiger partial charge >= 0.3 is 18.4 Å². The van der Waals surface area contributed by atoms with Gasteiger partial charge in [0, 0.05) is 18.5 Å². The van der Waals surface area contributed by atoms with E-state index in [0.717, 1.165) is 28.5 Å². The van der Waals surface area contributed by atoms with Crippen molar-refractivity contribution in [1.82, 2.24) is 20.4 Å². The number of nitrogens with one attached hydrogen (secondary N) is 1. The van der Waals surface area contributed by atoms with E-state index < -0.39 is 41.2 Å². The summed E-state index contributed by atoms with van der Waals surface area (Å²) in [4.78, 5) is 35.8. The highest BCUT2D eigenvalue weighted by Crippen LogP contribution is 2.33. The lowest BCUT2D eigenvalue weighted by Crippen LogP contribution is -2.46. The van der Waals surface area contributed by atoms with E-state index in [1.807, 2.05) is 36.4 Å². The second kappa shape index (κ2) is 14.4. The van der Waals surface area contributed by atoms with E-state index in [9.17, 15) is 22.8 Å². The third kappa shape index (κ3) is 9.73. The summed E-state index contributed by atoms with van der Waals surface area (Å²) < 4.78 is 60.8. The van der Waals surface area contributed by atoms with E-state index in [-0.39, 0.29) is 11.9 Å². The number of fused-ring (bicyclic) bond motifs is 1. The number of alkyl carbamates (subject to hydrolysis) is 1. The van der Waals surface area contributed by atoms with Crippen LogP contribution in [0.1, 0.15) is 77.4 Å². The van der Waals surface area contributed by atoms with Crippen LogP contribution < -0.4 is 10.1 Å². The summed E-state index contributed by atoms with van der Waals surface area (Å²) >= 11 is 0. The van der Waals surface area contributed by atoms with Crippen LogP contribution in [0.4, 0.5) is 22.8 Å². The highest BCUT2D eigenvalue weighted by atomic mass is 19.4. The SMILES string of the molecule is CC(C)(C)OC(=O)/N=C(/NC(=O)OC(C)(C)C)N1CCC[C@H]1c1nc(-c2ccc3cc(OCCc4ccc(C(F)(F)F)cc4)ccc3c2)no1. The monoisotopic (exact) mass is 695 g/mol. The molecule has 266 valence electrons. The van der Waals surface area contributed by atoms with Crippen molar-refractivity contribution < 1.29 is 41.5 Å². The topological polar surface area (TPSA) is 128 Å². The predicted molar refractivity (Wildman–Crippen MR) is 180 cm³/mol. The van der Waals surface area contributed by atoms with Gasteiger partial charge in [-0.25, -0.2) is 9.59 Å². The van der Waals surface area contributed by atoms with Crippen molar-refractivity contribution in [2.75, 3.05) is 13.2 Å². The molecule has 1 saturated heterocycles. The molecule has 14 heteroatoms. The van der Waals surface area contributed by atoms with Crippen molar-refractivity contribution in [3.8, 4) is 17.1 Å². The Balaban J connectivity index is 1.28. The number of hydrogen-bond donors (Lipinski definition) is 1. The Morgan fingerprint density at radius 3 is 2.30 bits per heavy atom. The first-order valence-electron chi connectivity index (χ1n) is 16.2. The Hall–Kier alpha value is -5.14. The van der Waals surface area contributed by atoms with Gasteiger partial charge in [-0.1, -0.05) is 35.5 Å². The van der Waals surface area contributed by atoms with Crippen LogP contribution in [-0.2, 0) is 22.1 Å². The van der Waals surface area contributed by atoms with E-state index >= 15 is 0 Å². The average Bonchev–Trinajstić information content (AvgIpc) is 3.69. The van der Waals surface area contributed by atoms with Crippen LogP contribution in [0.2, 0.25) is 0 Å². The Kier molecular flexibility index (Phi) is 10.4. The van der Waals surface area contributed by atoms with Gasteiger partial charge in [0.2, 0.25) is 17.7 Å². The Labute approximate surface area is 287 Å². The second-order valence-electron chi connectivity index (χ2n) is 13.9. The van der Waals surface area contributed by atoms with Crippen molar-refractivity contribution in [3.63, 3.8) is 0 Å². The lowest BCUT2D eigenvalue weighted by Gasteiger charge is -2.27. The molecule has 0 saturated carbocycles. The minimum atomic E-state index is -4.37. The standard InChI is InChI=1S/C36H40F3N5O6/c1-34(2,3)48-32(45)41-31(42-33(46)49-35(4,5)6)44-18-7-8-28(44)30-40-29(43-50-30)25-12-11-24-21-27(16-13-23(24)20-25)47-19-17-22-9-14-26(15-10-22)36(37,38)39/h9-16,20-21,28H,7-8,17-19H2,1-6H3,(H,41,42,45,46)/t28-/m0/s1. The van der Waals surface area contributed by atoms with Gasteiger partial charge in [0.25, 0.3) is 0 Å². The largest absolute Gasteiger partial charge is 0.493 e. The van der Waals surface area contributed by atoms with Gasteiger partial charge in [0.1, 0.15) is 23.0 Å². The van der Waals surface area contributed by atoms with Crippen LogP contribution in [0.5, 0.6) is 5.75 Å². The molecule has 2 amide bonds. The number of carbonyl (C=O) groups excluding carboxylic acids is 2. The number of aliphatic imine (C=N–C) groups is 1. The van der Waals surface area contributed by atoms with Crippen LogP contribution in [0, 0.1) is 0 Å². The summed E-state index contributed by atoms with van der Waals surface area (Å²) in [6.07, 6.45) is -4.25. The molecule has 2 heterocycles. The quantitative estimate of drug-likeness (QED) is 0.156. The minimum Gasteiger partial charge on any atom is -0.493 e. The molecule has 0 bridgehead atoms. The molecule has 1 atom stereocenters. The maximum atomic E-state index is 12.8.